The minimum atomic E-state index is -0.0171. The molecule has 0 amide bonds. The fourth-order valence-corrected chi connectivity index (χ4v) is 4.26. The smallest absolute Gasteiger partial charge is 0.262 e. The monoisotopic (exact) mass is 452 g/mol. The highest BCUT2D eigenvalue weighted by Crippen LogP contribution is 2.23. The molecule has 2 aromatic carbocycles. The molecule has 2 aromatic heterocycles. The molecule has 0 spiro atoms. The molecule has 7 nitrogen and oxygen atoms in total. The van der Waals surface area contributed by atoms with Gasteiger partial charge in [-0.25, -0.2) is 0 Å². The van der Waals surface area contributed by atoms with Crippen LogP contribution < -0.4 is 15.0 Å². The molecule has 8 heteroatoms. The second kappa shape index (κ2) is 10.1. The highest BCUT2D eigenvalue weighted by molar-refractivity contribution is 7.99. The van der Waals surface area contributed by atoms with Crippen LogP contribution in [0.15, 0.2) is 58.5 Å². The quantitative estimate of drug-likeness (QED) is 0.257. The maximum atomic E-state index is 13.1. The number of nitrogens with zero attached hydrogens (tertiary/aromatic N) is 4. The maximum absolute atomic E-state index is 13.1. The number of aryl methyl sites for hydroxylation is 1. The maximum Gasteiger partial charge on any atom is 0.262 e. The van der Waals surface area contributed by atoms with Crippen LogP contribution in [0.1, 0.15) is 27.2 Å². The van der Waals surface area contributed by atoms with Gasteiger partial charge < -0.3 is 9.47 Å². The fraction of sp³-hybridized carbons (Fsp3) is 0.375. The molecule has 0 saturated carbocycles. The van der Waals surface area contributed by atoms with Crippen molar-refractivity contribution >= 4 is 28.4 Å². The third-order valence-electron chi connectivity index (χ3n) is 5.13. The van der Waals surface area contributed by atoms with Crippen LogP contribution in [-0.2, 0) is 6.54 Å². The van der Waals surface area contributed by atoms with Crippen molar-refractivity contribution in [3.63, 3.8) is 0 Å². The van der Waals surface area contributed by atoms with E-state index >= 15 is 0 Å². The van der Waals surface area contributed by atoms with Gasteiger partial charge >= 0.3 is 0 Å². The average Bonchev–Trinajstić information content (AvgIpc) is 3.21. The van der Waals surface area contributed by atoms with Crippen LogP contribution in [0.25, 0.3) is 16.7 Å². The topological polar surface area (TPSA) is 70.7 Å². The van der Waals surface area contributed by atoms with Crippen molar-refractivity contribution in [2.24, 2.45) is 5.92 Å². The van der Waals surface area contributed by atoms with Crippen LogP contribution >= 0.6 is 11.8 Å². The molecule has 168 valence electrons. The van der Waals surface area contributed by atoms with E-state index in [-0.39, 0.29) is 5.56 Å². The first kappa shape index (κ1) is 22.2. The third-order valence-corrected chi connectivity index (χ3v) is 6.02. The standard InChI is InChI=1S/C24H28N4O3S/c1-4-30-18-9-11-19(12-10-18)31-15-16-32-24-26-25-23-27(14-13-17(2)3)22(29)20-7-5-6-8-21(20)28(23)24/h5-12,17H,4,13-16H2,1-3H3. The van der Waals surface area contributed by atoms with E-state index in [0.29, 0.717) is 42.6 Å². The van der Waals surface area contributed by atoms with Crippen molar-refractivity contribution in [2.75, 3.05) is 19.0 Å². The Kier molecular flexibility index (Phi) is 6.99. The van der Waals surface area contributed by atoms with E-state index in [0.717, 1.165) is 28.6 Å². The van der Waals surface area contributed by atoms with Gasteiger partial charge in [-0.05, 0) is 55.7 Å². The lowest BCUT2D eigenvalue weighted by molar-refractivity contribution is 0.332. The first-order chi connectivity index (χ1) is 15.6. The number of hydrogen-bond donors (Lipinski definition) is 0. The van der Waals surface area contributed by atoms with E-state index in [2.05, 4.69) is 24.0 Å². The summed E-state index contributed by atoms with van der Waals surface area (Å²) in [6.07, 6.45) is 0.902. The van der Waals surface area contributed by atoms with Gasteiger partial charge in [0.25, 0.3) is 5.56 Å². The van der Waals surface area contributed by atoms with Gasteiger partial charge in [0.15, 0.2) is 5.16 Å². The van der Waals surface area contributed by atoms with E-state index in [9.17, 15) is 4.79 Å². The number of fused-ring (bicyclic) bond motifs is 3. The zero-order valence-electron chi connectivity index (χ0n) is 18.7. The number of benzene rings is 2. The Morgan fingerprint density at radius 2 is 1.72 bits per heavy atom. The van der Waals surface area contributed by atoms with Crippen molar-refractivity contribution in [3.8, 4) is 11.5 Å². The molecule has 4 rings (SSSR count). The van der Waals surface area contributed by atoms with E-state index in [1.54, 1.807) is 16.3 Å². The van der Waals surface area contributed by atoms with Gasteiger partial charge in [-0.15, -0.1) is 10.2 Å². The average molecular weight is 453 g/mol. The molecule has 32 heavy (non-hydrogen) atoms. The van der Waals surface area contributed by atoms with Gasteiger partial charge in [-0.3, -0.25) is 13.8 Å². The molecule has 0 N–H and O–H groups in total. The van der Waals surface area contributed by atoms with Crippen LogP contribution in [-0.4, -0.2) is 38.1 Å². The molecular formula is C24H28N4O3S. The van der Waals surface area contributed by atoms with Gasteiger partial charge in [0, 0.05) is 12.3 Å². The van der Waals surface area contributed by atoms with E-state index in [4.69, 9.17) is 9.47 Å². The number of thioether (sulfide) groups is 1. The molecule has 0 aliphatic heterocycles. The lowest BCUT2D eigenvalue weighted by atomic mass is 10.1. The summed E-state index contributed by atoms with van der Waals surface area (Å²) in [5, 5.41) is 10.2. The molecule has 2 heterocycles. The summed E-state index contributed by atoms with van der Waals surface area (Å²) in [5.41, 5.74) is 0.810. The van der Waals surface area contributed by atoms with Crippen LogP contribution in [0.3, 0.4) is 0 Å². The third kappa shape index (κ3) is 4.75. The Labute approximate surface area is 191 Å². The Balaban J connectivity index is 1.53. The number of hydrogen-bond acceptors (Lipinski definition) is 6. The van der Waals surface area contributed by atoms with Crippen LogP contribution in [0.5, 0.6) is 11.5 Å². The lowest BCUT2D eigenvalue weighted by Gasteiger charge is -2.12. The first-order valence-electron chi connectivity index (χ1n) is 10.9. The number of ether oxygens (including phenoxy) is 2. The van der Waals surface area contributed by atoms with Crippen molar-refractivity contribution in [2.45, 2.75) is 38.9 Å². The molecule has 0 bridgehead atoms. The van der Waals surface area contributed by atoms with Gasteiger partial charge in [0.2, 0.25) is 5.78 Å². The van der Waals surface area contributed by atoms with Crippen LogP contribution in [0, 0.1) is 5.92 Å². The Morgan fingerprint density at radius 1 is 1.00 bits per heavy atom. The summed E-state index contributed by atoms with van der Waals surface area (Å²) in [6, 6.07) is 15.3. The fourth-order valence-electron chi connectivity index (χ4n) is 3.51. The molecule has 0 radical (unpaired) electrons. The second-order valence-electron chi connectivity index (χ2n) is 7.88. The summed E-state index contributed by atoms with van der Waals surface area (Å²) in [4.78, 5) is 13.1. The highest BCUT2D eigenvalue weighted by Gasteiger charge is 2.16. The van der Waals surface area contributed by atoms with Crippen molar-refractivity contribution < 1.29 is 9.47 Å². The predicted molar refractivity (Wildman–Crippen MR) is 128 cm³/mol. The molecule has 0 unspecified atom stereocenters. The summed E-state index contributed by atoms with van der Waals surface area (Å²) >= 11 is 1.57. The molecule has 0 saturated heterocycles. The number of para-hydroxylation sites is 1. The second-order valence-corrected chi connectivity index (χ2v) is 8.94. The minimum absolute atomic E-state index is 0.0171. The zero-order chi connectivity index (χ0) is 22.5. The minimum Gasteiger partial charge on any atom is -0.494 e. The van der Waals surface area contributed by atoms with E-state index < -0.39 is 0 Å². The molecule has 0 aliphatic carbocycles. The predicted octanol–water partition coefficient (Wildman–Crippen LogP) is 4.66. The zero-order valence-corrected chi connectivity index (χ0v) is 19.5. The van der Waals surface area contributed by atoms with Gasteiger partial charge in [0.05, 0.1) is 24.1 Å². The van der Waals surface area contributed by atoms with Gasteiger partial charge in [-0.2, -0.15) is 0 Å². The molecule has 0 atom stereocenters. The van der Waals surface area contributed by atoms with Crippen LogP contribution in [0.4, 0.5) is 0 Å². The summed E-state index contributed by atoms with van der Waals surface area (Å²) < 4.78 is 15.0. The van der Waals surface area contributed by atoms with E-state index in [1.165, 1.54) is 0 Å². The summed E-state index contributed by atoms with van der Waals surface area (Å²) in [5.74, 6) is 3.41. The first-order valence-corrected chi connectivity index (χ1v) is 11.9. The van der Waals surface area contributed by atoms with Gasteiger partial charge in [0.1, 0.15) is 11.5 Å². The molecular weight excluding hydrogens is 424 g/mol. The Hall–Kier alpha value is -3.00. The number of aromatic nitrogens is 4. The Bertz CT molecular complexity index is 1250. The van der Waals surface area contributed by atoms with Crippen molar-refractivity contribution in [3.05, 3.63) is 58.9 Å². The Morgan fingerprint density at radius 3 is 2.44 bits per heavy atom. The molecule has 0 aliphatic rings. The molecule has 4 aromatic rings. The van der Waals surface area contributed by atoms with Gasteiger partial charge in [-0.1, -0.05) is 37.7 Å². The highest BCUT2D eigenvalue weighted by atomic mass is 32.2. The molecule has 0 fully saturated rings. The largest absolute Gasteiger partial charge is 0.494 e. The number of rotatable bonds is 10. The SMILES string of the molecule is CCOc1ccc(OCCSc2nnc3n(CCC(C)C)c(=O)c4ccccc4n23)cc1. The normalized spacial score (nSPS) is 11.5. The van der Waals surface area contributed by atoms with Crippen molar-refractivity contribution in [1.82, 2.24) is 19.2 Å². The van der Waals surface area contributed by atoms with E-state index in [1.807, 2.05) is 59.9 Å². The summed E-state index contributed by atoms with van der Waals surface area (Å²) in [7, 11) is 0. The summed E-state index contributed by atoms with van der Waals surface area (Å²) in [6.45, 7) is 8.05. The lowest BCUT2D eigenvalue weighted by Crippen LogP contribution is -2.24. The van der Waals surface area contributed by atoms with Crippen LogP contribution in [0.2, 0.25) is 0 Å². The van der Waals surface area contributed by atoms with Crippen molar-refractivity contribution in [1.29, 1.82) is 0 Å².